The molecule has 0 saturated carbocycles. The number of nitrogens with one attached hydrogen (secondary N) is 1. The van der Waals surface area contributed by atoms with Gasteiger partial charge in [-0.25, -0.2) is 0 Å². The number of carbonyl (C=O) groups excluding carboxylic acids is 1. The fraction of sp³-hybridized carbons (Fsp3) is 0.273. The Morgan fingerprint density at radius 2 is 2.07 bits per heavy atom. The van der Waals surface area contributed by atoms with E-state index in [4.69, 9.17) is 12.2 Å². The summed E-state index contributed by atoms with van der Waals surface area (Å²) in [6.07, 6.45) is 0. The van der Waals surface area contributed by atoms with Crippen LogP contribution < -0.4 is 5.32 Å². The number of carbonyl (C=O) groups is 1. The summed E-state index contributed by atoms with van der Waals surface area (Å²) in [7, 11) is 0. The molecule has 1 heterocycles. The molecule has 1 amide bonds. The van der Waals surface area contributed by atoms with Gasteiger partial charge in [-0.2, -0.15) is 0 Å². The normalized spacial score (nSPS) is 20.6. The van der Waals surface area contributed by atoms with E-state index in [0.29, 0.717) is 11.7 Å². The molecule has 1 fully saturated rings. The van der Waals surface area contributed by atoms with Gasteiger partial charge in [0.25, 0.3) is 5.91 Å². The molecule has 0 aromatic heterocycles. The second-order valence-electron chi connectivity index (χ2n) is 3.38. The van der Waals surface area contributed by atoms with Gasteiger partial charge in [-0.05, 0) is 24.7 Å². The predicted molar refractivity (Wildman–Crippen MR) is 62.3 cm³/mol. The number of amides is 1. The maximum Gasteiger partial charge on any atom is 0.255 e. The van der Waals surface area contributed by atoms with Crippen LogP contribution in [0, 0.1) is 0 Å². The lowest BCUT2D eigenvalue weighted by Crippen LogP contribution is -2.30. The molecule has 78 valence electrons. The Labute approximate surface area is 94.1 Å². The molecule has 4 heteroatoms. The highest BCUT2D eigenvalue weighted by molar-refractivity contribution is 7.80. The lowest BCUT2D eigenvalue weighted by Gasteiger charge is -2.10. The van der Waals surface area contributed by atoms with E-state index in [-0.39, 0.29) is 11.9 Å². The van der Waals surface area contributed by atoms with Crippen LogP contribution in [0.2, 0.25) is 0 Å². The van der Waals surface area contributed by atoms with Gasteiger partial charge in [-0.15, -0.1) is 0 Å². The lowest BCUT2D eigenvalue weighted by atomic mass is 10.1. The number of rotatable bonds is 2. The van der Waals surface area contributed by atoms with Gasteiger partial charge in [-0.1, -0.05) is 30.3 Å². The van der Waals surface area contributed by atoms with Crippen LogP contribution in [0.5, 0.6) is 0 Å². The molecule has 15 heavy (non-hydrogen) atoms. The Kier molecular flexibility index (Phi) is 2.68. The van der Waals surface area contributed by atoms with Crippen molar-refractivity contribution in [3.63, 3.8) is 0 Å². The molecular formula is C11H12N2OS. The first kappa shape index (κ1) is 10.1. The maximum absolute atomic E-state index is 11.9. The fourth-order valence-electron chi connectivity index (χ4n) is 1.69. The molecule has 1 unspecified atom stereocenters. The van der Waals surface area contributed by atoms with Gasteiger partial charge >= 0.3 is 0 Å². The van der Waals surface area contributed by atoms with Crippen molar-refractivity contribution in [2.24, 2.45) is 0 Å². The van der Waals surface area contributed by atoms with E-state index < -0.39 is 0 Å². The van der Waals surface area contributed by atoms with Crippen LogP contribution in [0.25, 0.3) is 0 Å². The molecule has 3 nitrogen and oxygen atoms in total. The summed E-state index contributed by atoms with van der Waals surface area (Å²) in [4.78, 5) is 13.5. The molecule has 0 radical (unpaired) electrons. The van der Waals surface area contributed by atoms with E-state index in [1.807, 2.05) is 37.3 Å². The van der Waals surface area contributed by atoms with Crippen molar-refractivity contribution in [1.29, 1.82) is 0 Å². The largest absolute Gasteiger partial charge is 0.347 e. The Bertz CT molecular complexity index is 391. The minimum atomic E-state index is -0.307. The molecule has 2 rings (SSSR count). The third-order valence-electron chi connectivity index (χ3n) is 2.48. The Morgan fingerprint density at radius 1 is 1.40 bits per heavy atom. The Hall–Kier alpha value is -1.42. The van der Waals surface area contributed by atoms with E-state index >= 15 is 0 Å². The number of nitrogens with zero attached hydrogens (tertiary/aromatic N) is 1. The summed E-state index contributed by atoms with van der Waals surface area (Å²) in [5, 5.41) is 3.55. The van der Waals surface area contributed by atoms with Crippen LogP contribution >= 0.6 is 12.2 Å². The van der Waals surface area contributed by atoms with Crippen molar-refractivity contribution in [1.82, 2.24) is 10.2 Å². The number of hydrogen-bond acceptors (Lipinski definition) is 2. The molecule has 1 aliphatic rings. The van der Waals surface area contributed by atoms with E-state index in [9.17, 15) is 4.79 Å². The summed E-state index contributed by atoms with van der Waals surface area (Å²) in [5.74, 6) is 0.0358. The average Bonchev–Trinajstić information content (AvgIpc) is 2.55. The summed E-state index contributed by atoms with van der Waals surface area (Å²) in [5.41, 5.74) is 0.959. The van der Waals surface area contributed by atoms with Crippen LogP contribution in [0.1, 0.15) is 18.5 Å². The third-order valence-corrected chi connectivity index (χ3v) is 2.81. The van der Waals surface area contributed by atoms with E-state index in [1.54, 1.807) is 4.90 Å². The smallest absolute Gasteiger partial charge is 0.255 e. The second-order valence-corrected chi connectivity index (χ2v) is 3.76. The number of thiocarbonyl (C=S) groups is 1. The number of benzene rings is 1. The zero-order valence-electron chi connectivity index (χ0n) is 8.43. The monoisotopic (exact) mass is 220 g/mol. The standard InChI is InChI=1S/C11H12N2OS/c1-2-13-10(14)9(12-11(13)15)8-6-4-3-5-7-8/h3-7,9H,2H2,1H3,(H,12,15). The maximum atomic E-state index is 11.9. The Morgan fingerprint density at radius 3 is 2.60 bits per heavy atom. The predicted octanol–water partition coefficient (Wildman–Crippen LogP) is 1.46. The van der Waals surface area contributed by atoms with E-state index in [0.717, 1.165) is 5.56 Å². The quantitative estimate of drug-likeness (QED) is 0.766. The molecule has 1 N–H and O–H groups in total. The minimum Gasteiger partial charge on any atom is -0.347 e. The molecule has 0 spiro atoms. The zero-order valence-corrected chi connectivity index (χ0v) is 9.25. The van der Waals surface area contributed by atoms with Gasteiger partial charge in [-0.3, -0.25) is 9.69 Å². The lowest BCUT2D eigenvalue weighted by molar-refractivity contribution is -0.127. The number of hydrogen-bond donors (Lipinski definition) is 1. The average molecular weight is 220 g/mol. The molecule has 0 aliphatic carbocycles. The van der Waals surface area contributed by atoms with Crippen LogP contribution in [-0.4, -0.2) is 22.5 Å². The Balaban J connectivity index is 2.27. The summed E-state index contributed by atoms with van der Waals surface area (Å²) in [6.45, 7) is 2.53. The van der Waals surface area contributed by atoms with Gasteiger partial charge < -0.3 is 5.32 Å². The zero-order chi connectivity index (χ0) is 10.8. The highest BCUT2D eigenvalue weighted by Gasteiger charge is 2.34. The van der Waals surface area contributed by atoms with E-state index in [2.05, 4.69) is 5.32 Å². The first-order valence-electron chi connectivity index (χ1n) is 4.91. The molecular weight excluding hydrogens is 208 g/mol. The van der Waals surface area contributed by atoms with Crippen LogP contribution in [0.15, 0.2) is 30.3 Å². The van der Waals surface area contributed by atoms with Crippen LogP contribution in [-0.2, 0) is 4.79 Å². The van der Waals surface area contributed by atoms with Crippen molar-refractivity contribution in [2.45, 2.75) is 13.0 Å². The SMILES string of the molecule is CCN1C(=O)C(c2ccccc2)NC1=S. The highest BCUT2D eigenvalue weighted by Crippen LogP contribution is 2.21. The summed E-state index contributed by atoms with van der Waals surface area (Å²) < 4.78 is 0. The van der Waals surface area contributed by atoms with Gasteiger partial charge in [0, 0.05) is 6.54 Å². The molecule has 0 bridgehead atoms. The molecule has 1 atom stereocenters. The molecule has 1 aromatic rings. The number of likely N-dealkylation sites (N-methyl/N-ethyl adjacent to an activating group) is 1. The van der Waals surface area contributed by atoms with Gasteiger partial charge in [0.05, 0.1) is 0 Å². The fourth-order valence-corrected chi connectivity index (χ4v) is 2.03. The summed E-state index contributed by atoms with van der Waals surface area (Å²) >= 11 is 5.09. The molecule has 1 aromatic carbocycles. The van der Waals surface area contributed by atoms with Crippen molar-refractivity contribution in [2.75, 3.05) is 6.54 Å². The minimum absolute atomic E-state index is 0.0358. The topological polar surface area (TPSA) is 32.3 Å². The van der Waals surface area contributed by atoms with Crippen molar-refractivity contribution >= 4 is 23.2 Å². The molecule has 1 aliphatic heterocycles. The van der Waals surface area contributed by atoms with Gasteiger partial charge in [0.2, 0.25) is 0 Å². The third kappa shape index (κ3) is 1.72. The highest BCUT2D eigenvalue weighted by atomic mass is 32.1. The first-order valence-corrected chi connectivity index (χ1v) is 5.31. The van der Waals surface area contributed by atoms with Crippen LogP contribution in [0.4, 0.5) is 0 Å². The van der Waals surface area contributed by atoms with Gasteiger partial charge in [0.1, 0.15) is 6.04 Å². The summed E-state index contributed by atoms with van der Waals surface area (Å²) in [6, 6.07) is 9.32. The van der Waals surface area contributed by atoms with Gasteiger partial charge in [0.15, 0.2) is 5.11 Å². The van der Waals surface area contributed by atoms with Crippen molar-refractivity contribution in [3.8, 4) is 0 Å². The first-order chi connectivity index (χ1) is 7.24. The molecule has 1 saturated heterocycles. The van der Waals surface area contributed by atoms with Crippen molar-refractivity contribution < 1.29 is 4.79 Å². The van der Waals surface area contributed by atoms with E-state index in [1.165, 1.54) is 0 Å². The second kappa shape index (κ2) is 3.98. The van der Waals surface area contributed by atoms with Crippen LogP contribution in [0.3, 0.4) is 0 Å². The van der Waals surface area contributed by atoms with Crippen molar-refractivity contribution in [3.05, 3.63) is 35.9 Å².